The summed E-state index contributed by atoms with van der Waals surface area (Å²) < 4.78 is 32.8. The van der Waals surface area contributed by atoms with Crippen molar-refractivity contribution < 1.29 is 18.3 Å². The van der Waals surface area contributed by atoms with E-state index in [1.807, 2.05) is 0 Å². The van der Waals surface area contributed by atoms with E-state index in [-0.39, 0.29) is 23.8 Å². The quantitative estimate of drug-likeness (QED) is 0.833. The number of amides is 1. The molecule has 1 aromatic heterocycles. The van der Waals surface area contributed by atoms with Gasteiger partial charge in [-0.05, 0) is 12.1 Å². The van der Waals surface area contributed by atoms with Crippen LogP contribution in [0.5, 0.6) is 0 Å². The van der Waals surface area contributed by atoms with Crippen molar-refractivity contribution in [2.45, 2.75) is 24.9 Å². The first-order valence-corrected chi connectivity index (χ1v) is 9.04. The van der Waals surface area contributed by atoms with E-state index in [2.05, 4.69) is 15.2 Å². The molecule has 4 heterocycles. The third-order valence-corrected chi connectivity index (χ3v) is 5.78. The molecule has 2 bridgehead atoms. The normalized spacial score (nSPS) is 24.0. The lowest BCUT2D eigenvalue weighted by Crippen LogP contribution is -2.54. The molecule has 3 aliphatic rings. The zero-order chi connectivity index (χ0) is 17.4. The maximum Gasteiger partial charge on any atom is 0.413 e. The topological polar surface area (TPSA) is 54.5 Å². The molecule has 26 heavy (non-hydrogen) atoms. The molecule has 3 saturated heterocycles. The molecule has 5 nitrogen and oxygen atoms in total. The zero-order valence-corrected chi connectivity index (χ0v) is 15.5. The molecule has 1 aromatic carbocycles. The summed E-state index contributed by atoms with van der Waals surface area (Å²) in [6.45, 7) is 2.82. The molecule has 0 unspecified atom stereocenters. The molecule has 0 spiro atoms. The number of aromatic nitrogens is 1. The first kappa shape index (κ1) is 19.0. The van der Waals surface area contributed by atoms with Gasteiger partial charge >= 0.3 is 6.09 Å². The van der Waals surface area contributed by atoms with Gasteiger partial charge in [-0.15, -0.1) is 23.7 Å². The van der Waals surface area contributed by atoms with Crippen molar-refractivity contribution in [2.75, 3.05) is 25.0 Å². The Hall–Kier alpha value is -1.77. The molecule has 3 aliphatic heterocycles. The number of anilines is 1. The minimum Gasteiger partial charge on any atom is -0.443 e. The summed E-state index contributed by atoms with van der Waals surface area (Å²) in [5, 5.41) is 2.62. The highest BCUT2D eigenvalue weighted by molar-refractivity contribution is 7.13. The van der Waals surface area contributed by atoms with Crippen LogP contribution in [0.25, 0.3) is 10.4 Å². The van der Waals surface area contributed by atoms with Crippen LogP contribution < -0.4 is 5.32 Å². The summed E-state index contributed by atoms with van der Waals surface area (Å²) >= 11 is 1.17. The Labute approximate surface area is 159 Å². The summed E-state index contributed by atoms with van der Waals surface area (Å²) in [6.07, 6.45) is 1.91. The molecule has 1 amide bonds. The van der Waals surface area contributed by atoms with E-state index < -0.39 is 23.3 Å². The van der Waals surface area contributed by atoms with Crippen molar-refractivity contribution in [3.05, 3.63) is 35.3 Å². The lowest BCUT2D eigenvalue weighted by Gasteiger charge is -2.47. The minimum absolute atomic E-state index is 0. The van der Waals surface area contributed by atoms with Crippen LogP contribution in [0.1, 0.15) is 19.3 Å². The Balaban J connectivity index is 0.00000196. The third kappa shape index (κ3) is 3.67. The number of nitrogens with zero attached hydrogens (tertiary/aromatic N) is 2. The highest BCUT2D eigenvalue weighted by Crippen LogP contribution is 2.37. The van der Waals surface area contributed by atoms with E-state index in [4.69, 9.17) is 4.74 Å². The molecule has 5 rings (SSSR count). The van der Waals surface area contributed by atoms with Crippen LogP contribution in [-0.4, -0.2) is 41.2 Å². The van der Waals surface area contributed by atoms with Crippen molar-refractivity contribution in [1.29, 1.82) is 0 Å². The number of hydrogen-bond donors (Lipinski definition) is 1. The monoisotopic (exact) mass is 401 g/mol. The first-order chi connectivity index (χ1) is 12.0. The van der Waals surface area contributed by atoms with Gasteiger partial charge in [-0.2, -0.15) is 0 Å². The van der Waals surface area contributed by atoms with Crippen LogP contribution in [0.2, 0.25) is 0 Å². The fourth-order valence-corrected chi connectivity index (χ4v) is 4.24. The van der Waals surface area contributed by atoms with Gasteiger partial charge in [0.1, 0.15) is 17.2 Å². The standard InChI is InChI=1S/C17H17F2N3O2S.ClH/c18-11-1-2-12(13(19)9-11)14-15(20-10-25-14)21-16(23)24-17-3-6-22(7-4-17)8-5-17;/h1-2,9-10H,3-8H2,(H,21,23);1H. The third-order valence-electron chi connectivity index (χ3n) is 4.92. The number of halogens is 3. The zero-order valence-electron chi connectivity index (χ0n) is 13.8. The predicted octanol–water partition coefficient (Wildman–Crippen LogP) is 4.30. The molecule has 9 heteroatoms. The number of benzene rings is 1. The number of nitrogens with one attached hydrogen (secondary N) is 1. The van der Waals surface area contributed by atoms with Gasteiger partial charge < -0.3 is 9.64 Å². The lowest BCUT2D eigenvalue weighted by molar-refractivity contribution is -0.0742. The summed E-state index contributed by atoms with van der Waals surface area (Å²) in [7, 11) is 0. The second-order valence-electron chi connectivity index (χ2n) is 6.44. The molecular formula is C17H18ClF2N3O2S. The van der Waals surface area contributed by atoms with E-state index in [0.717, 1.165) is 45.0 Å². The average molecular weight is 402 g/mol. The Morgan fingerprint density at radius 2 is 1.92 bits per heavy atom. The summed E-state index contributed by atoms with van der Waals surface area (Å²) in [4.78, 5) is 19.2. The van der Waals surface area contributed by atoms with Crippen LogP contribution in [-0.2, 0) is 4.74 Å². The molecule has 0 saturated carbocycles. The Morgan fingerprint density at radius 3 is 2.58 bits per heavy atom. The van der Waals surface area contributed by atoms with Gasteiger partial charge in [0.05, 0.1) is 10.4 Å². The second-order valence-corrected chi connectivity index (χ2v) is 7.30. The highest BCUT2D eigenvalue weighted by Gasteiger charge is 2.42. The van der Waals surface area contributed by atoms with Crippen LogP contribution in [0.15, 0.2) is 23.7 Å². The van der Waals surface area contributed by atoms with Gasteiger partial charge in [0.25, 0.3) is 0 Å². The van der Waals surface area contributed by atoms with Gasteiger partial charge in [0.2, 0.25) is 0 Å². The molecule has 0 radical (unpaired) electrons. The predicted molar refractivity (Wildman–Crippen MR) is 97.8 cm³/mol. The minimum atomic E-state index is -0.695. The summed E-state index contributed by atoms with van der Waals surface area (Å²) in [6, 6.07) is 3.32. The number of thiazole rings is 1. The molecular weight excluding hydrogens is 384 g/mol. The fourth-order valence-electron chi connectivity index (χ4n) is 3.47. The lowest BCUT2D eigenvalue weighted by atomic mass is 9.83. The summed E-state index contributed by atoms with van der Waals surface area (Å²) in [5.41, 5.74) is 1.30. The van der Waals surface area contributed by atoms with Crippen molar-refractivity contribution in [1.82, 2.24) is 9.88 Å². The second kappa shape index (κ2) is 7.46. The number of hydrogen-bond acceptors (Lipinski definition) is 5. The van der Waals surface area contributed by atoms with Crippen molar-refractivity contribution in [3.63, 3.8) is 0 Å². The van der Waals surface area contributed by atoms with Gasteiger partial charge in [-0.1, -0.05) is 0 Å². The van der Waals surface area contributed by atoms with Crippen molar-refractivity contribution in [2.24, 2.45) is 0 Å². The average Bonchev–Trinajstić information content (AvgIpc) is 3.03. The Morgan fingerprint density at radius 1 is 1.23 bits per heavy atom. The molecule has 140 valence electrons. The van der Waals surface area contributed by atoms with Gasteiger partial charge in [-0.25, -0.2) is 18.6 Å². The van der Waals surface area contributed by atoms with E-state index in [0.29, 0.717) is 4.88 Å². The number of carbonyl (C=O) groups is 1. The smallest absolute Gasteiger partial charge is 0.413 e. The Kier molecular flexibility index (Phi) is 5.45. The molecule has 0 aliphatic carbocycles. The van der Waals surface area contributed by atoms with Crippen LogP contribution in [0.4, 0.5) is 19.4 Å². The van der Waals surface area contributed by atoms with E-state index in [1.165, 1.54) is 29.0 Å². The first-order valence-electron chi connectivity index (χ1n) is 8.16. The SMILES string of the molecule is Cl.O=C(Nc1ncsc1-c1ccc(F)cc1F)OC12CCN(CC1)CC2. The van der Waals surface area contributed by atoms with E-state index >= 15 is 0 Å². The van der Waals surface area contributed by atoms with Crippen molar-refractivity contribution in [3.8, 4) is 10.4 Å². The van der Waals surface area contributed by atoms with Crippen LogP contribution >= 0.6 is 23.7 Å². The maximum atomic E-state index is 14.0. The molecule has 3 fully saturated rings. The number of piperidine rings is 3. The molecule has 0 atom stereocenters. The highest BCUT2D eigenvalue weighted by atomic mass is 35.5. The molecule has 1 N–H and O–H groups in total. The number of rotatable bonds is 3. The van der Waals surface area contributed by atoms with Crippen LogP contribution in [0.3, 0.4) is 0 Å². The molecule has 2 aromatic rings. The Bertz CT molecular complexity index is 795. The van der Waals surface area contributed by atoms with E-state index in [9.17, 15) is 13.6 Å². The van der Waals surface area contributed by atoms with Crippen LogP contribution in [0, 0.1) is 11.6 Å². The van der Waals surface area contributed by atoms with Gasteiger partial charge in [-0.3, -0.25) is 5.32 Å². The maximum absolute atomic E-state index is 14.0. The van der Waals surface area contributed by atoms with Crippen molar-refractivity contribution >= 4 is 35.7 Å². The van der Waals surface area contributed by atoms with Gasteiger partial charge in [0, 0.05) is 50.5 Å². The number of fused-ring (bicyclic) bond motifs is 3. The number of ether oxygens (including phenoxy) is 1. The van der Waals surface area contributed by atoms with Gasteiger partial charge in [0.15, 0.2) is 5.82 Å². The van der Waals surface area contributed by atoms with E-state index in [1.54, 1.807) is 0 Å². The number of carbonyl (C=O) groups excluding carboxylic acids is 1. The summed E-state index contributed by atoms with van der Waals surface area (Å²) in [5.74, 6) is -1.12. The largest absolute Gasteiger partial charge is 0.443 e. The fraction of sp³-hybridized carbons (Fsp3) is 0.412.